The highest BCUT2D eigenvalue weighted by Crippen LogP contribution is 2.33. The average Bonchev–Trinajstić information content (AvgIpc) is 2.78. The highest BCUT2D eigenvalue weighted by Gasteiger charge is 2.44. The second-order valence-electron chi connectivity index (χ2n) is 5.01. The van der Waals surface area contributed by atoms with Gasteiger partial charge in [-0.05, 0) is 6.92 Å². The molecule has 0 unspecified atom stereocenters. The van der Waals surface area contributed by atoms with Crippen LogP contribution in [0.2, 0.25) is 0 Å². The van der Waals surface area contributed by atoms with Crippen LogP contribution in [0, 0.1) is 5.41 Å². The standard InChI is InChI=1S/C12H17N3O2S/c1-4-13-11-14-6-8(18-11)7-15-9(16)5-12(2,3)10(15)17/h6H,4-5,7H2,1-3H3,(H,13,14). The van der Waals surface area contributed by atoms with E-state index in [0.29, 0.717) is 13.0 Å². The number of hydrogen-bond donors (Lipinski definition) is 1. The number of nitrogens with one attached hydrogen (secondary N) is 1. The van der Waals surface area contributed by atoms with Crippen LogP contribution in [0.5, 0.6) is 0 Å². The molecule has 1 aromatic heterocycles. The molecule has 6 heteroatoms. The Bertz CT molecular complexity index is 481. The van der Waals surface area contributed by atoms with Crippen molar-refractivity contribution in [3.8, 4) is 0 Å². The number of likely N-dealkylation sites (tertiary alicyclic amines) is 1. The summed E-state index contributed by atoms with van der Waals surface area (Å²) in [7, 11) is 0. The average molecular weight is 267 g/mol. The van der Waals surface area contributed by atoms with Crippen molar-refractivity contribution in [3.05, 3.63) is 11.1 Å². The summed E-state index contributed by atoms with van der Waals surface area (Å²) in [5, 5.41) is 3.94. The molecule has 1 aliphatic heterocycles. The Morgan fingerprint density at radius 1 is 1.50 bits per heavy atom. The summed E-state index contributed by atoms with van der Waals surface area (Å²) in [6.45, 7) is 6.76. The summed E-state index contributed by atoms with van der Waals surface area (Å²) in [6.07, 6.45) is 2.01. The fourth-order valence-electron chi connectivity index (χ4n) is 1.96. The first kappa shape index (κ1) is 13.0. The van der Waals surface area contributed by atoms with Gasteiger partial charge in [0.05, 0.1) is 12.0 Å². The normalized spacial score (nSPS) is 18.5. The molecule has 0 aliphatic carbocycles. The Morgan fingerprint density at radius 3 is 2.78 bits per heavy atom. The molecule has 5 nitrogen and oxygen atoms in total. The van der Waals surface area contributed by atoms with E-state index >= 15 is 0 Å². The van der Waals surface area contributed by atoms with E-state index in [4.69, 9.17) is 0 Å². The lowest BCUT2D eigenvalue weighted by molar-refractivity contribution is -0.141. The molecule has 0 spiro atoms. The van der Waals surface area contributed by atoms with Gasteiger partial charge < -0.3 is 5.32 Å². The number of nitrogens with zero attached hydrogens (tertiary/aromatic N) is 2. The third-order valence-electron chi connectivity index (χ3n) is 2.91. The zero-order chi connectivity index (χ0) is 13.3. The molecule has 0 saturated carbocycles. The van der Waals surface area contributed by atoms with Crippen molar-refractivity contribution in [2.24, 2.45) is 5.41 Å². The van der Waals surface area contributed by atoms with Gasteiger partial charge >= 0.3 is 0 Å². The molecule has 2 amide bonds. The SMILES string of the molecule is CCNc1ncc(CN2C(=O)CC(C)(C)C2=O)s1. The second kappa shape index (κ2) is 4.68. The molecule has 1 fully saturated rings. The van der Waals surface area contributed by atoms with Gasteiger partial charge in [0.25, 0.3) is 0 Å². The van der Waals surface area contributed by atoms with Crippen LogP contribution in [0.15, 0.2) is 6.20 Å². The Labute approximate surface area is 110 Å². The number of carbonyl (C=O) groups is 2. The van der Waals surface area contributed by atoms with E-state index in [9.17, 15) is 9.59 Å². The van der Waals surface area contributed by atoms with Crippen molar-refractivity contribution in [3.63, 3.8) is 0 Å². The third-order valence-corrected chi connectivity index (χ3v) is 3.85. The topological polar surface area (TPSA) is 62.3 Å². The highest BCUT2D eigenvalue weighted by molar-refractivity contribution is 7.15. The summed E-state index contributed by atoms with van der Waals surface area (Å²) < 4.78 is 0. The van der Waals surface area contributed by atoms with Crippen LogP contribution in [0.1, 0.15) is 32.1 Å². The van der Waals surface area contributed by atoms with Crippen molar-refractivity contribution in [2.75, 3.05) is 11.9 Å². The summed E-state index contributed by atoms with van der Waals surface area (Å²) in [5.74, 6) is -0.186. The minimum atomic E-state index is -0.563. The molecule has 0 atom stereocenters. The fraction of sp³-hybridized carbons (Fsp3) is 0.583. The van der Waals surface area contributed by atoms with Gasteiger partial charge in [-0.25, -0.2) is 4.98 Å². The van der Waals surface area contributed by atoms with Gasteiger partial charge in [0.2, 0.25) is 11.8 Å². The molecule has 2 rings (SSSR count). The van der Waals surface area contributed by atoms with Crippen molar-refractivity contribution < 1.29 is 9.59 Å². The van der Waals surface area contributed by atoms with Gasteiger partial charge in [-0.15, -0.1) is 11.3 Å². The number of amides is 2. The molecule has 1 aliphatic rings. The molecule has 0 aromatic carbocycles. The molecule has 1 aromatic rings. The molecule has 98 valence electrons. The van der Waals surface area contributed by atoms with E-state index in [2.05, 4.69) is 10.3 Å². The minimum Gasteiger partial charge on any atom is -0.362 e. The van der Waals surface area contributed by atoms with Gasteiger partial charge in [-0.1, -0.05) is 13.8 Å². The van der Waals surface area contributed by atoms with Crippen LogP contribution in [-0.2, 0) is 16.1 Å². The van der Waals surface area contributed by atoms with E-state index in [-0.39, 0.29) is 11.8 Å². The quantitative estimate of drug-likeness (QED) is 0.846. The first-order chi connectivity index (χ1) is 8.44. The van der Waals surface area contributed by atoms with Crippen molar-refractivity contribution >= 4 is 28.3 Å². The third kappa shape index (κ3) is 2.38. The maximum atomic E-state index is 12.0. The smallest absolute Gasteiger partial charge is 0.235 e. The van der Waals surface area contributed by atoms with Crippen LogP contribution in [0.4, 0.5) is 5.13 Å². The maximum absolute atomic E-state index is 12.0. The number of aromatic nitrogens is 1. The largest absolute Gasteiger partial charge is 0.362 e. The number of anilines is 1. The number of thiazole rings is 1. The predicted molar refractivity (Wildman–Crippen MR) is 70.2 cm³/mol. The van der Waals surface area contributed by atoms with Gasteiger partial charge in [-0.2, -0.15) is 0 Å². The molecule has 1 N–H and O–H groups in total. The molecule has 0 bridgehead atoms. The van der Waals surface area contributed by atoms with Crippen LogP contribution in [-0.4, -0.2) is 28.2 Å². The molecular formula is C12H17N3O2S. The van der Waals surface area contributed by atoms with E-state index in [1.807, 2.05) is 20.8 Å². The van der Waals surface area contributed by atoms with Crippen molar-refractivity contribution in [2.45, 2.75) is 33.7 Å². The number of rotatable bonds is 4. The summed E-state index contributed by atoms with van der Waals surface area (Å²) in [5.41, 5.74) is -0.563. The Kier molecular flexibility index (Phi) is 3.38. The molecule has 18 heavy (non-hydrogen) atoms. The van der Waals surface area contributed by atoms with Gasteiger partial charge in [0.1, 0.15) is 0 Å². The lowest BCUT2D eigenvalue weighted by atomic mass is 9.92. The van der Waals surface area contributed by atoms with Crippen molar-refractivity contribution in [1.82, 2.24) is 9.88 Å². The van der Waals surface area contributed by atoms with Crippen LogP contribution < -0.4 is 5.32 Å². The van der Waals surface area contributed by atoms with E-state index in [0.717, 1.165) is 16.6 Å². The van der Waals surface area contributed by atoms with E-state index < -0.39 is 5.41 Å². The first-order valence-corrected chi connectivity index (χ1v) is 6.79. The predicted octanol–water partition coefficient (Wildman–Crippen LogP) is 1.86. The summed E-state index contributed by atoms with van der Waals surface area (Å²) in [6, 6.07) is 0. The monoisotopic (exact) mass is 267 g/mol. The second-order valence-corrected chi connectivity index (χ2v) is 6.12. The molecular weight excluding hydrogens is 250 g/mol. The molecule has 2 heterocycles. The minimum absolute atomic E-state index is 0.0918. The lowest BCUT2D eigenvalue weighted by Crippen LogP contribution is -2.32. The Morgan fingerprint density at radius 2 is 2.22 bits per heavy atom. The summed E-state index contributed by atoms with van der Waals surface area (Å²) >= 11 is 1.48. The van der Waals surface area contributed by atoms with E-state index in [1.54, 1.807) is 6.20 Å². The van der Waals surface area contributed by atoms with Crippen LogP contribution in [0.3, 0.4) is 0 Å². The Balaban J connectivity index is 2.09. The first-order valence-electron chi connectivity index (χ1n) is 5.97. The highest BCUT2D eigenvalue weighted by atomic mass is 32.1. The molecule has 0 radical (unpaired) electrons. The fourth-order valence-corrected chi connectivity index (χ4v) is 2.83. The number of hydrogen-bond acceptors (Lipinski definition) is 5. The number of imide groups is 1. The zero-order valence-electron chi connectivity index (χ0n) is 10.8. The van der Waals surface area contributed by atoms with Gasteiger partial charge in [0.15, 0.2) is 5.13 Å². The summed E-state index contributed by atoms with van der Waals surface area (Å²) in [4.78, 5) is 30.3. The van der Waals surface area contributed by atoms with Gasteiger partial charge in [-0.3, -0.25) is 14.5 Å². The van der Waals surface area contributed by atoms with Gasteiger partial charge in [0, 0.05) is 24.0 Å². The zero-order valence-corrected chi connectivity index (χ0v) is 11.6. The van der Waals surface area contributed by atoms with Crippen molar-refractivity contribution in [1.29, 1.82) is 0 Å². The molecule has 1 saturated heterocycles. The van der Waals surface area contributed by atoms with Crippen LogP contribution >= 0.6 is 11.3 Å². The number of carbonyl (C=O) groups excluding carboxylic acids is 2. The maximum Gasteiger partial charge on any atom is 0.235 e. The Hall–Kier alpha value is -1.43. The lowest BCUT2D eigenvalue weighted by Gasteiger charge is -2.16. The van der Waals surface area contributed by atoms with Crippen LogP contribution in [0.25, 0.3) is 0 Å². The van der Waals surface area contributed by atoms with E-state index in [1.165, 1.54) is 16.2 Å².